The molecule has 1 aliphatic heterocycles. The van der Waals surface area contributed by atoms with Crippen LogP contribution in [0.15, 0.2) is 24.3 Å². The van der Waals surface area contributed by atoms with Gasteiger partial charge >= 0.3 is 0 Å². The van der Waals surface area contributed by atoms with Crippen LogP contribution in [0, 0.1) is 12.8 Å². The summed E-state index contributed by atoms with van der Waals surface area (Å²) in [6.45, 7) is 6.53. The van der Waals surface area contributed by atoms with Gasteiger partial charge in [0.2, 0.25) is 5.91 Å². The topological polar surface area (TPSA) is 41.6 Å². The maximum absolute atomic E-state index is 12.2. The quantitative estimate of drug-likeness (QED) is 0.904. The maximum atomic E-state index is 12.2. The van der Waals surface area contributed by atoms with Crippen LogP contribution in [0.1, 0.15) is 25.3 Å². The number of amides is 1. The van der Waals surface area contributed by atoms with Crippen molar-refractivity contribution in [1.29, 1.82) is 0 Å². The number of likely N-dealkylation sites (tertiary alicyclic amines) is 1. The summed E-state index contributed by atoms with van der Waals surface area (Å²) in [5.41, 5.74) is 1.12. The second-order valence-electron chi connectivity index (χ2n) is 6.06. The van der Waals surface area contributed by atoms with Crippen molar-refractivity contribution in [2.24, 2.45) is 5.92 Å². The van der Waals surface area contributed by atoms with Gasteiger partial charge in [-0.1, -0.05) is 18.2 Å². The van der Waals surface area contributed by atoms with Crippen LogP contribution in [0.3, 0.4) is 0 Å². The van der Waals surface area contributed by atoms with Crippen LogP contribution in [0.5, 0.6) is 5.75 Å². The van der Waals surface area contributed by atoms with E-state index in [-0.39, 0.29) is 17.9 Å². The fraction of sp³-hybridized carbons (Fsp3) is 0.588. The Hall–Kier alpha value is -1.55. The number of nitrogens with zero attached hydrogens (tertiary/aromatic N) is 1. The van der Waals surface area contributed by atoms with Crippen LogP contribution in [-0.2, 0) is 4.79 Å². The number of hydrogen-bond acceptors (Lipinski definition) is 3. The molecule has 0 aliphatic carbocycles. The molecular weight excluding hydrogens is 264 g/mol. The van der Waals surface area contributed by atoms with Gasteiger partial charge in [0.1, 0.15) is 12.4 Å². The Morgan fingerprint density at radius 3 is 2.71 bits per heavy atom. The molecule has 0 spiro atoms. The second-order valence-corrected chi connectivity index (χ2v) is 6.06. The number of aryl methyl sites for hydroxylation is 1. The fourth-order valence-corrected chi connectivity index (χ4v) is 2.61. The predicted octanol–water partition coefficient (Wildman–Crippen LogP) is 2.22. The molecule has 0 saturated carbocycles. The minimum atomic E-state index is 0.0248. The molecular formula is C17H26N2O2. The van der Waals surface area contributed by atoms with Gasteiger partial charge in [-0.2, -0.15) is 0 Å². The van der Waals surface area contributed by atoms with E-state index < -0.39 is 0 Å². The van der Waals surface area contributed by atoms with Crippen molar-refractivity contribution in [2.45, 2.75) is 32.7 Å². The Balaban J connectivity index is 1.75. The van der Waals surface area contributed by atoms with E-state index in [0.29, 0.717) is 6.61 Å². The van der Waals surface area contributed by atoms with E-state index in [1.165, 1.54) is 0 Å². The Morgan fingerprint density at radius 2 is 2.05 bits per heavy atom. The fourth-order valence-electron chi connectivity index (χ4n) is 2.61. The minimum Gasteiger partial charge on any atom is -0.491 e. The molecule has 116 valence electrons. The van der Waals surface area contributed by atoms with Gasteiger partial charge in [-0.05, 0) is 58.5 Å². The molecule has 1 fully saturated rings. The zero-order valence-corrected chi connectivity index (χ0v) is 13.3. The number of rotatable bonds is 5. The van der Waals surface area contributed by atoms with Crippen molar-refractivity contribution in [2.75, 3.05) is 26.7 Å². The van der Waals surface area contributed by atoms with E-state index in [0.717, 1.165) is 37.2 Å². The molecule has 2 rings (SSSR count). The number of nitrogens with one attached hydrogen (secondary N) is 1. The number of hydrogen-bond donors (Lipinski definition) is 1. The summed E-state index contributed by atoms with van der Waals surface area (Å²) in [5.74, 6) is 1.21. The van der Waals surface area contributed by atoms with Crippen molar-refractivity contribution >= 4 is 5.91 Å². The van der Waals surface area contributed by atoms with Crippen LogP contribution in [0.2, 0.25) is 0 Å². The van der Waals surface area contributed by atoms with Crippen molar-refractivity contribution < 1.29 is 9.53 Å². The molecule has 0 aromatic heterocycles. The monoisotopic (exact) mass is 290 g/mol. The predicted molar refractivity (Wildman–Crippen MR) is 84.5 cm³/mol. The molecule has 1 atom stereocenters. The first-order valence-corrected chi connectivity index (χ1v) is 7.73. The third-order valence-electron chi connectivity index (χ3n) is 4.06. The summed E-state index contributed by atoms with van der Waals surface area (Å²) >= 11 is 0. The van der Waals surface area contributed by atoms with E-state index in [4.69, 9.17) is 4.74 Å². The van der Waals surface area contributed by atoms with Crippen LogP contribution in [-0.4, -0.2) is 43.6 Å². The Labute approximate surface area is 127 Å². The molecule has 0 bridgehead atoms. The average molecular weight is 290 g/mol. The zero-order chi connectivity index (χ0) is 15.2. The van der Waals surface area contributed by atoms with Gasteiger partial charge in [-0.15, -0.1) is 0 Å². The number of piperidine rings is 1. The molecule has 4 nitrogen and oxygen atoms in total. The van der Waals surface area contributed by atoms with Crippen LogP contribution in [0.25, 0.3) is 0 Å². The van der Waals surface area contributed by atoms with Crippen LogP contribution in [0.4, 0.5) is 0 Å². The Kier molecular flexibility index (Phi) is 5.62. The molecule has 4 heteroatoms. The Bertz CT molecular complexity index is 468. The summed E-state index contributed by atoms with van der Waals surface area (Å²) in [7, 11) is 2.10. The zero-order valence-electron chi connectivity index (χ0n) is 13.3. The summed E-state index contributed by atoms with van der Waals surface area (Å²) in [5, 5.41) is 3.07. The lowest BCUT2D eigenvalue weighted by Crippen LogP contribution is -2.43. The highest BCUT2D eigenvalue weighted by Crippen LogP contribution is 2.17. The molecule has 1 N–H and O–H groups in total. The second kappa shape index (κ2) is 7.46. The minimum absolute atomic E-state index is 0.0248. The first-order chi connectivity index (χ1) is 10.1. The van der Waals surface area contributed by atoms with E-state index in [2.05, 4.69) is 17.3 Å². The smallest absolute Gasteiger partial charge is 0.223 e. The average Bonchev–Trinajstić information content (AvgIpc) is 2.47. The summed E-state index contributed by atoms with van der Waals surface area (Å²) in [4.78, 5) is 14.5. The lowest BCUT2D eigenvalue weighted by atomic mass is 9.96. The largest absolute Gasteiger partial charge is 0.491 e. The molecule has 1 aromatic carbocycles. The number of ether oxygens (including phenoxy) is 1. The molecule has 1 unspecified atom stereocenters. The highest BCUT2D eigenvalue weighted by Gasteiger charge is 2.24. The van der Waals surface area contributed by atoms with E-state index in [1.807, 2.05) is 38.1 Å². The van der Waals surface area contributed by atoms with E-state index >= 15 is 0 Å². The van der Waals surface area contributed by atoms with Crippen molar-refractivity contribution in [3.63, 3.8) is 0 Å². The number of carbonyl (C=O) groups excluding carboxylic acids is 1. The third-order valence-corrected chi connectivity index (χ3v) is 4.06. The van der Waals surface area contributed by atoms with E-state index in [9.17, 15) is 4.79 Å². The molecule has 1 aromatic rings. The molecule has 1 saturated heterocycles. The molecule has 1 aliphatic rings. The van der Waals surface area contributed by atoms with Crippen LogP contribution >= 0.6 is 0 Å². The van der Waals surface area contributed by atoms with Gasteiger partial charge in [0, 0.05) is 5.92 Å². The molecule has 1 amide bonds. The standard InChI is InChI=1S/C17H26N2O2/c1-13-6-4-5-7-16(13)21-12-14(2)18-17(20)15-8-10-19(3)11-9-15/h4-7,14-15H,8-12H2,1-3H3,(H,18,20). The van der Waals surface area contributed by atoms with Gasteiger partial charge in [-0.3, -0.25) is 4.79 Å². The normalized spacial score (nSPS) is 18.2. The maximum Gasteiger partial charge on any atom is 0.223 e. The van der Waals surface area contributed by atoms with Crippen molar-refractivity contribution in [3.05, 3.63) is 29.8 Å². The lowest BCUT2D eigenvalue weighted by molar-refractivity contribution is -0.127. The summed E-state index contributed by atoms with van der Waals surface area (Å²) in [6.07, 6.45) is 1.90. The van der Waals surface area contributed by atoms with Crippen molar-refractivity contribution in [1.82, 2.24) is 10.2 Å². The number of para-hydroxylation sites is 1. The number of benzene rings is 1. The molecule has 0 radical (unpaired) electrons. The highest BCUT2D eigenvalue weighted by atomic mass is 16.5. The van der Waals surface area contributed by atoms with Gasteiger partial charge in [0.25, 0.3) is 0 Å². The van der Waals surface area contributed by atoms with Gasteiger partial charge in [0.15, 0.2) is 0 Å². The molecule has 1 heterocycles. The third kappa shape index (κ3) is 4.74. The highest BCUT2D eigenvalue weighted by molar-refractivity contribution is 5.79. The van der Waals surface area contributed by atoms with E-state index in [1.54, 1.807) is 0 Å². The van der Waals surface area contributed by atoms with Crippen molar-refractivity contribution in [3.8, 4) is 5.75 Å². The Morgan fingerprint density at radius 1 is 1.38 bits per heavy atom. The SMILES string of the molecule is Cc1ccccc1OCC(C)NC(=O)C1CCN(C)CC1. The first-order valence-electron chi connectivity index (χ1n) is 7.73. The van der Waals surface area contributed by atoms with Crippen LogP contribution < -0.4 is 10.1 Å². The molecule has 21 heavy (non-hydrogen) atoms. The van der Waals surface area contributed by atoms with Gasteiger partial charge in [-0.25, -0.2) is 0 Å². The van der Waals surface area contributed by atoms with Gasteiger partial charge in [0.05, 0.1) is 6.04 Å². The summed E-state index contributed by atoms with van der Waals surface area (Å²) < 4.78 is 5.78. The lowest BCUT2D eigenvalue weighted by Gasteiger charge is -2.29. The number of carbonyl (C=O) groups is 1. The van der Waals surface area contributed by atoms with Gasteiger partial charge < -0.3 is 15.0 Å². The summed E-state index contributed by atoms with van der Waals surface area (Å²) in [6, 6.07) is 7.96. The first kappa shape index (κ1) is 15.8.